The van der Waals surface area contributed by atoms with E-state index in [0.717, 1.165) is 11.8 Å². The SMILES string of the molecule is Cc1cc(=O)n(CCOC(=C2SC(=O)NC2=O)c2ccccc2)c(C)n1. The van der Waals surface area contributed by atoms with Gasteiger partial charge in [0, 0.05) is 17.3 Å². The van der Waals surface area contributed by atoms with E-state index < -0.39 is 11.1 Å². The van der Waals surface area contributed by atoms with Gasteiger partial charge in [0.1, 0.15) is 23.1 Å². The molecule has 0 saturated carbocycles. The summed E-state index contributed by atoms with van der Waals surface area (Å²) in [7, 11) is 0. The first-order valence-corrected chi connectivity index (χ1v) is 8.78. The topological polar surface area (TPSA) is 90.3 Å². The molecule has 134 valence electrons. The fourth-order valence-corrected chi connectivity index (χ4v) is 3.35. The van der Waals surface area contributed by atoms with Crippen LogP contribution in [0.25, 0.3) is 5.76 Å². The van der Waals surface area contributed by atoms with Gasteiger partial charge in [0.25, 0.3) is 16.7 Å². The van der Waals surface area contributed by atoms with Crippen molar-refractivity contribution in [3.05, 3.63) is 68.7 Å². The third-order valence-corrected chi connectivity index (χ3v) is 4.61. The van der Waals surface area contributed by atoms with Gasteiger partial charge in [-0.15, -0.1) is 0 Å². The summed E-state index contributed by atoms with van der Waals surface area (Å²) in [6.07, 6.45) is 0. The molecule has 2 aromatic rings. The van der Waals surface area contributed by atoms with Crippen molar-refractivity contribution >= 4 is 28.7 Å². The number of aryl methyl sites for hydroxylation is 2. The summed E-state index contributed by atoms with van der Waals surface area (Å²) >= 11 is 0.805. The van der Waals surface area contributed by atoms with E-state index >= 15 is 0 Å². The van der Waals surface area contributed by atoms with Gasteiger partial charge in [-0.25, -0.2) is 4.98 Å². The summed E-state index contributed by atoms with van der Waals surface area (Å²) in [5, 5.41) is 1.80. The first-order valence-electron chi connectivity index (χ1n) is 7.96. The lowest BCUT2D eigenvalue weighted by molar-refractivity contribution is -0.115. The van der Waals surface area contributed by atoms with E-state index in [-0.39, 0.29) is 23.6 Å². The molecule has 1 saturated heterocycles. The molecule has 7 nitrogen and oxygen atoms in total. The lowest BCUT2D eigenvalue weighted by Crippen LogP contribution is -2.25. The Hall–Kier alpha value is -2.87. The molecular weight excluding hydrogens is 354 g/mol. The number of nitrogens with one attached hydrogen (secondary N) is 1. The molecule has 1 N–H and O–H groups in total. The van der Waals surface area contributed by atoms with Gasteiger partial charge in [-0.2, -0.15) is 0 Å². The van der Waals surface area contributed by atoms with Crippen LogP contribution in [0, 0.1) is 13.8 Å². The second-order valence-corrected chi connectivity index (χ2v) is 6.63. The Morgan fingerprint density at radius 1 is 1.19 bits per heavy atom. The molecule has 0 radical (unpaired) electrons. The van der Waals surface area contributed by atoms with Gasteiger partial charge >= 0.3 is 0 Å². The van der Waals surface area contributed by atoms with Crippen LogP contribution >= 0.6 is 11.8 Å². The Morgan fingerprint density at radius 3 is 2.54 bits per heavy atom. The van der Waals surface area contributed by atoms with Gasteiger partial charge in [0.05, 0.1) is 6.54 Å². The molecule has 2 amide bonds. The number of benzene rings is 1. The first-order chi connectivity index (χ1) is 12.5. The number of rotatable bonds is 5. The van der Waals surface area contributed by atoms with Crippen molar-refractivity contribution in [1.82, 2.24) is 14.9 Å². The predicted molar refractivity (Wildman–Crippen MR) is 98.4 cm³/mol. The van der Waals surface area contributed by atoms with Gasteiger partial charge in [-0.05, 0) is 25.6 Å². The van der Waals surface area contributed by atoms with Crippen LogP contribution in [0.1, 0.15) is 17.1 Å². The highest BCUT2D eigenvalue weighted by Gasteiger charge is 2.30. The van der Waals surface area contributed by atoms with Crippen molar-refractivity contribution in [3.63, 3.8) is 0 Å². The summed E-state index contributed by atoms with van der Waals surface area (Å²) in [5.74, 6) is 0.435. The highest BCUT2D eigenvalue weighted by Crippen LogP contribution is 2.32. The van der Waals surface area contributed by atoms with Crippen LogP contribution in [-0.4, -0.2) is 27.3 Å². The van der Waals surface area contributed by atoms with E-state index in [1.807, 2.05) is 18.2 Å². The average Bonchev–Trinajstić information content (AvgIpc) is 2.92. The lowest BCUT2D eigenvalue weighted by atomic mass is 10.2. The summed E-state index contributed by atoms with van der Waals surface area (Å²) < 4.78 is 7.34. The van der Waals surface area contributed by atoms with Gasteiger partial charge in [0.2, 0.25) is 0 Å². The Balaban J connectivity index is 1.85. The maximum atomic E-state index is 12.1. The van der Waals surface area contributed by atoms with Crippen LogP contribution in [0.2, 0.25) is 0 Å². The van der Waals surface area contributed by atoms with Gasteiger partial charge in [0.15, 0.2) is 0 Å². The number of ether oxygens (including phenoxy) is 1. The fourth-order valence-electron chi connectivity index (χ4n) is 2.61. The van der Waals surface area contributed by atoms with Gasteiger partial charge in [-0.1, -0.05) is 30.3 Å². The standard InChI is InChI=1S/C18H17N3O4S/c1-11-10-14(22)21(12(2)19-11)8-9-25-15(13-6-4-3-5-7-13)16-17(23)20-18(24)26-16/h3-7,10H,8-9H2,1-2H3,(H,20,23,24). The first kappa shape index (κ1) is 17.9. The Kier molecular flexibility index (Phi) is 5.22. The average molecular weight is 371 g/mol. The van der Waals surface area contributed by atoms with E-state index in [9.17, 15) is 14.4 Å². The molecule has 3 rings (SSSR count). The van der Waals surface area contributed by atoms with E-state index in [1.54, 1.807) is 26.0 Å². The molecule has 1 aliphatic heterocycles. The van der Waals surface area contributed by atoms with Crippen molar-refractivity contribution in [2.75, 3.05) is 6.61 Å². The maximum Gasteiger partial charge on any atom is 0.291 e. The summed E-state index contributed by atoms with van der Waals surface area (Å²) in [6.45, 7) is 3.95. The summed E-state index contributed by atoms with van der Waals surface area (Å²) in [5.41, 5.74) is 1.19. The molecule has 0 unspecified atom stereocenters. The van der Waals surface area contributed by atoms with Crippen LogP contribution < -0.4 is 10.9 Å². The van der Waals surface area contributed by atoms with Crippen LogP contribution in [-0.2, 0) is 16.1 Å². The number of amides is 2. The van der Waals surface area contributed by atoms with E-state index in [4.69, 9.17) is 4.74 Å². The number of imide groups is 1. The fraction of sp³-hybridized carbons (Fsp3) is 0.222. The zero-order valence-corrected chi connectivity index (χ0v) is 15.1. The number of thioether (sulfide) groups is 1. The molecule has 1 fully saturated rings. The Labute approximate surface area is 154 Å². The van der Waals surface area contributed by atoms with Gasteiger partial charge in [-0.3, -0.25) is 24.3 Å². The van der Waals surface area contributed by atoms with Crippen molar-refractivity contribution in [1.29, 1.82) is 0 Å². The zero-order chi connectivity index (χ0) is 18.7. The molecule has 26 heavy (non-hydrogen) atoms. The molecule has 0 aliphatic carbocycles. The minimum absolute atomic E-state index is 0.154. The molecule has 0 bridgehead atoms. The van der Waals surface area contributed by atoms with Crippen molar-refractivity contribution < 1.29 is 14.3 Å². The summed E-state index contributed by atoms with van der Waals surface area (Å²) in [4.78, 5) is 40.1. The van der Waals surface area contributed by atoms with E-state index in [1.165, 1.54) is 10.6 Å². The number of hydrogen-bond acceptors (Lipinski definition) is 6. The minimum atomic E-state index is -0.482. The number of nitrogens with zero attached hydrogens (tertiary/aromatic N) is 2. The third kappa shape index (κ3) is 3.85. The monoisotopic (exact) mass is 371 g/mol. The summed E-state index contributed by atoms with van der Waals surface area (Å²) in [6, 6.07) is 10.5. The highest BCUT2D eigenvalue weighted by molar-refractivity contribution is 8.18. The molecule has 0 spiro atoms. The van der Waals surface area contributed by atoms with Gasteiger partial charge < -0.3 is 4.74 Å². The molecule has 1 aromatic carbocycles. The van der Waals surface area contributed by atoms with E-state index in [2.05, 4.69) is 10.3 Å². The van der Waals surface area contributed by atoms with Crippen LogP contribution in [0.15, 0.2) is 46.1 Å². The molecule has 1 aromatic heterocycles. The maximum absolute atomic E-state index is 12.1. The molecule has 0 atom stereocenters. The molecule has 8 heteroatoms. The van der Waals surface area contributed by atoms with Crippen LogP contribution in [0.3, 0.4) is 0 Å². The molecular formula is C18H17N3O4S. The number of carbonyl (C=O) groups is 2. The third-order valence-electron chi connectivity index (χ3n) is 3.75. The Morgan fingerprint density at radius 2 is 1.92 bits per heavy atom. The van der Waals surface area contributed by atoms with Crippen LogP contribution in [0.4, 0.5) is 4.79 Å². The van der Waals surface area contributed by atoms with Crippen molar-refractivity contribution in [2.45, 2.75) is 20.4 Å². The molecule has 2 heterocycles. The largest absolute Gasteiger partial charge is 0.490 e. The van der Waals surface area contributed by atoms with Crippen LogP contribution in [0.5, 0.6) is 0 Å². The number of carbonyl (C=O) groups excluding carboxylic acids is 2. The minimum Gasteiger partial charge on any atom is -0.490 e. The number of hydrogen-bond donors (Lipinski definition) is 1. The predicted octanol–water partition coefficient (Wildman–Crippen LogP) is 2.23. The van der Waals surface area contributed by atoms with E-state index in [0.29, 0.717) is 22.8 Å². The smallest absolute Gasteiger partial charge is 0.291 e. The van der Waals surface area contributed by atoms with Crippen molar-refractivity contribution in [2.24, 2.45) is 0 Å². The normalized spacial score (nSPS) is 15.8. The Bertz CT molecular complexity index is 951. The van der Waals surface area contributed by atoms with Crippen molar-refractivity contribution in [3.8, 4) is 0 Å². The highest BCUT2D eigenvalue weighted by atomic mass is 32.2. The quantitative estimate of drug-likeness (QED) is 0.640. The second-order valence-electron chi connectivity index (χ2n) is 5.65. The molecule has 1 aliphatic rings. The number of aromatic nitrogens is 2. The lowest BCUT2D eigenvalue weighted by Gasteiger charge is -2.14. The zero-order valence-electron chi connectivity index (χ0n) is 14.3. The second kappa shape index (κ2) is 7.57.